The number of rotatable bonds is 7. The van der Waals surface area contributed by atoms with Gasteiger partial charge in [0.05, 0.1) is 18.3 Å². The lowest BCUT2D eigenvalue weighted by Gasteiger charge is -2.45. The minimum Gasteiger partial charge on any atom is -0.394 e. The Labute approximate surface area is 118 Å². The average Bonchev–Trinajstić information content (AvgIpc) is 2.26. The lowest BCUT2D eigenvalue weighted by molar-refractivity contribution is -0.153. The predicted octanol–water partition coefficient (Wildman–Crippen LogP) is 1.48. The highest BCUT2D eigenvalue weighted by atomic mass is 16.5. The molecular formula is C15H32N2O2. The molecule has 0 bridgehead atoms. The number of morpholine rings is 1. The lowest BCUT2D eigenvalue weighted by Crippen LogP contribution is -2.56. The first-order valence-electron chi connectivity index (χ1n) is 7.50. The van der Waals surface area contributed by atoms with Crippen molar-refractivity contribution >= 4 is 0 Å². The third-order valence-corrected chi connectivity index (χ3v) is 3.44. The van der Waals surface area contributed by atoms with E-state index in [1.54, 1.807) is 0 Å². The Morgan fingerprint density at radius 3 is 2.68 bits per heavy atom. The lowest BCUT2D eigenvalue weighted by atomic mass is 9.91. The van der Waals surface area contributed by atoms with Gasteiger partial charge in [-0.15, -0.1) is 0 Å². The molecule has 1 saturated heterocycles. The molecule has 0 spiro atoms. The average molecular weight is 272 g/mol. The second kappa shape index (κ2) is 7.02. The van der Waals surface area contributed by atoms with Gasteiger partial charge in [0.15, 0.2) is 0 Å². The van der Waals surface area contributed by atoms with E-state index < -0.39 is 0 Å². The Kier molecular flexibility index (Phi) is 6.24. The zero-order valence-electron chi connectivity index (χ0n) is 13.3. The molecule has 1 aliphatic heterocycles. The van der Waals surface area contributed by atoms with Gasteiger partial charge in [0.2, 0.25) is 0 Å². The second-order valence-electron chi connectivity index (χ2n) is 7.19. The Morgan fingerprint density at radius 1 is 1.42 bits per heavy atom. The molecule has 0 aromatic rings. The maximum Gasteiger partial charge on any atom is 0.0940 e. The van der Waals surface area contributed by atoms with Gasteiger partial charge in [0.25, 0.3) is 0 Å². The monoisotopic (exact) mass is 272 g/mol. The van der Waals surface area contributed by atoms with Crippen LogP contribution in [0.3, 0.4) is 0 Å². The van der Waals surface area contributed by atoms with Crippen LogP contribution in [0.2, 0.25) is 0 Å². The fourth-order valence-electron chi connectivity index (χ4n) is 2.90. The third-order valence-electron chi connectivity index (χ3n) is 3.44. The van der Waals surface area contributed by atoms with E-state index in [0.29, 0.717) is 0 Å². The Morgan fingerprint density at radius 2 is 2.11 bits per heavy atom. The molecule has 0 saturated carbocycles. The highest BCUT2D eigenvalue weighted by Gasteiger charge is 2.35. The first kappa shape index (κ1) is 16.9. The van der Waals surface area contributed by atoms with Gasteiger partial charge in [-0.3, -0.25) is 4.90 Å². The molecular weight excluding hydrogens is 240 g/mol. The van der Waals surface area contributed by atoms with Crippen LogP contribution < -0.4 is 5.32 Å². The molecule has 19 heavy (non-hydrogen) atoms. The Bertz CT molecular complexity index is 267. The Hall–Kier alpha value is -0.160. The van der Waals surface area contributed by atoms with Crippen LogP contribution in [0.1, 0.15) is 41.0 Å². The summed E-state index contributed by atoms with van der Waals surface area (Å²) in [7, 11) is 0. The van der Waals surface area contributed by atoms with Crippen molar-refractivity contribution < 1.29 is 9.84 Å². The Balaban J connectivity index is 2.49. The summed E-state index contributed by atoms with van der Waals surface area (Å²) < 4.78 is 5.86. The molecule has 0 amide bonds. The maximum absolute atomic E-state index is 9.35. The van der Waals surface area contributed by atoms with Gasteiger partial charge in [-0.25, -0.2) is 0 Å². The van der Waals surface area contributed by atoms with Crippen LogP contribution in [0.5, 0.6) is 0 Å². The second-order valence-corrected chi connectivity index (χ2v) is 7.19. The van der Waals surface area contributed by atoms with Crippen molar-refractivity contribution in [2.24, 2.45) is 5.41 Å². The third kappa shape index (κ3) is 6.21. The molecule has 1 aliphatic rings. The molecule has 2 N–H and O–H groups in total. The molecule has 0 aromatic carbocycles. The maximum atomic E-state index is 9.35. The van der Waals surface area contributed by atoms with Crippen molar-refractivity contribution in [2.45, 2.75) is 52.7 Å². The van der Waals surface area contributed by atoms with Gasteiger partial charge in [0, 0.05) is 26.2 Å². The number of aliphatic hydroxyl groups excluding tert-OH is 1. The van der Waals surface area contributed by atoms with E-state index in [-0.39, 0.29) is 23.7 Å². The fourth-order valence-corrected chi connectivity index (χ4v) is 2.90. The van der Waals surface area contributed by atoms with Gasteiger partial charge < -0.3 is 15.2 Å². The summed E-state index contributed by atoms with van der Waals surface area (Å²) in [4.78, 5) is 2.43. The van der Waals surface area contributed by atoms with E-state index in [0.717, 1.165) is 32.7 Å². The fraction of sp³-hybridized carbons (Fsp3) is 1.00. The summed E-state index contributed by atoms with van der Waals surface area (Å²) in [6, 6.07) is 0. The first-order chi connectivity index (χ1) is 8.78. The zero-order chi connectivity index (χ0) is 14.5. The van der Waals surface area contributed by atoms with Gasteiger partial charge in [-0.05, 0) is 32.2 Å². The van der Waals surface area contributed by atoms with Gasteiger partial charge >= 0.3 is 0 Å². The molecule has 1 fully saturated rings. The summed E-state index contributed by atoms with van der Waals surface area (Å²) in [5.41, 5.74) is 0.0706. The van der Waals surface area contributed by atoms with Gasteiger partial charge in [0.1, 0.15) is 0 Å². The molecule has 1 rings (SSSR count). The van der Waals surface area contributed by atoms with Crippen molar-refractivity contribution in [3.05, 3.63) is 0 Å². The van der Waals surface area contributed by atoms with Crippen molar-refractivity contribution in [2.75, 3.05) is 39.3 Å². The van der Waals surface area contributed by atoms with Crippen LogP contribution in [0.15, 0.2) is 0 Å². The van der Waals surface area contributed by atoms with Crippen LogP contribution in [-0.2, 0) is 4.74 Å². The van der Waals surface area contributed by atoms with Crippen LogP contribution in [0.4, 0.5) is 0 Å². The number of hydrogen-bond acceptors (Lipinski definition) is 4. The van der Waals surface area contributed by atoms with Crippen LogP contribution >= 0.6 is 0 Å². The summed E-state index contributed by atoms with van der Waals surface area (Å²) in [6.45, 7) is 16.0. The van der Waals surface area contributed by atoms with Crippen molar-refractivity contribution in [1.82, 2.24) is 10.2 Å². The molecule has 1 heterocycles. The van der Waals surface area contributed by atoms with Crippen molar-refractivity contribution in [1.29, 1.82) is 0 Å². The van der Waals surface area contributed by atoms with E-state index in [4.69, 9.17) is 4.74 Å². The van der Waals surface area contributed by atoms with Crippen molar-refractivity contribution in [3.8, 4) is 0 Å². The SMILES string of the molecule is CCCNCC(C)(C)CN1CC(CO)OC(C)(C)C1. The largest absolute Gasteiger partial charge is 0.394 e. The zero-order valence-corrected chi connectivity index (χ0v) is 13.3. The van der Waals surface area contributed by atoms with Crippen LogP contribution in [0.25, 0.3) is 0 Å². The highest BCUT2D eigenvalue weighted by molar-refractivity contribution is 4.87. The number of hydrogen-bond donors (Lipinski definition) is 2. The van der Waals surface area contributed by atoms with E-state index in [2.05, 4.69) is 44.8 Å². The molecule has 1 atom stereocenters. The minimum absolute atomic E-state index is 0.0526. The van der Waals surface area contributed by atoms with Gasteiger partial charge in [-0.1, -0.05) is 20.8 Å². The minimum atomic E-state index is -0.168. The van der Waals surface area contributed by atoms with E-state index >= 15 is 0 Å². The number of aliphatic hydroxyl groups is 1. The topological polar surface area (TPSA) is 44.7 Å². The summed E-state index contributed by atoms with van der Waals surface area (Å²) in [5, 5.41) is 12.9. The number of nitrogens with zero attached hydrogens (tertiary/aromatic N) is 1. The van der Waals surface area contributed by atoms with E-state index in [1.807, 2.05) is 0 Å². The van der Waals surface area contributed by atoms with Crippen molar-refractivity contribution in [3.63, 3.8) is 0 Å². The summed E-state index contributed by atoms with van der Waals surface area (Å²) in [5.74, 6) is 0. The van der Waals surface area contributed by atoms with Crippen LogP contribution in [-0.4, -0.2) is 61.0 Å². The summed E-state index contributed by atoms with van der Waals surface area (Å²) >= 11 is 0. The van der Waals surface area contributed by atoms with Crippen LogP contribution in [0, 0.1) is 5.41 Å². The van der Waals surface area contributed by atoms with E-state index in [1.165, 1.54) is 6.42 Å². The van der Waals surface area contributed by atoms with E-state index in [9.17, 15) is 5.11 Å². The summed E-state index contributed by atoms with van der Waals surface area (Å²) in [6.07, 6.45) is 1.12. The van der Waals surface area contributed by atoms with Gasteiger partial charge in [-0.2, -0.15) is 0 Å². The molecule has 1 unspecified atom stereocenters. The normalized spacial score (nSPS) is 24.6. The number of ether oxygens (including phenoxy) is 1. The molecule has 114 valence electrons. The molecule has 0 aliphatic carbocycles. The molecule has 0 radical (unpaired) electrons. The molecule has 4 nitrogen and oxygen atoms in total. The quantitative estimate of drug-likeness (QED) is 0.689. The number of nitrogens with one attached hydrogen (secondary N) is 1. The highest BCUT2D eigenvalue weighted by Crippen LogP contribution is 2.24. The predicted molar refractivity (Wildman–Crippen MR) is 79.4 cm³/mol. The first-order valence-corrected chi connectivity index (χ1v) is 7.50. The molecule has 0 aromatic heterocycles. The smallest absolute Gasteiger partial charge is 0.0940 e. The standard InChI is InChI=1S/C15H32N2O2/c1-6-7-16-10-14(2,3)11-17-8-13(9-18)19-15(4,5)12-17/h13,16,18H,6-12H2,1-5H3. The molecule has 4 heteroatoms.